The fraction of sp³-hybridized carbons (Fsp3) is 0.176. The van der Waals surface area contributed by atoms with Crippen LogP contribution in [0.5, 0.6) is 5.75 Å². The summed E-state index contributed by atoms with van der Waals surface area (Å²) in [5, 5.41) is 4.96. The monoisotopic (exact) mass is 314 g/mol. The molecular formula is C17H18N2O4. The molecular weight excluding hydrogens is 296 g/mol. The quantitative estimate of drug-likeness (QED) is 0.859. The van der Waals surface area contributed by atoms with Gasteiger partial charge in [0.2, 0.25) is 5.91 Å². The Bertz CT molecular complexity index is 641. The summed E-state index contributed by atoms with van der Waals surface area (Å²) >= 11 is 0. The second-order valence-electron chi connectivity index (χ2n) is 4.69. The number of methoxy groups -OCH3 is 1. The van der Waals surface area contributed by atoms with Gasteiger partial charge in [-0.25, -0.2) is 4.79 Å². The smallest absolute Gasteiger partial charge is 0.407 e. The minimum Gasteiger partial charge on any atom is -0.489 e. The van der Waals surface area contributed by atoms with Crippen LogP contribution in [-0.4, -0.2) is 25.7 Å². The average Bonchev–Trinajstić information content (AvgIpc) is 2.60. The highest BCUT2D eigenvalue weighted by Gasteiger charge is 2.05. The molecule has 0 unspecified atom stereocenters. The molecule has 0 saturated heterocycles. The average molecular weight is 314 g/mol. The number of nitrogens with one attached hydrogen (secondary N) is 2. The van der Waals surface area contributed by atoms with Crippen molar-refractivity contribution in [3.05, 3.63) is 60.2 Å². The van der Waals surface area contributed by atoms with Gasteiger partial charge < -0.3 is 20.1 Å². The zero-order chi connectivity index (χ0) is 16.5. The number of amides is 2. The number of ether oxygens (including phenoxy) is 2. The van der Waals surface area contributed by atoms with Gasteiger partial charge in [-0.1, -0.05) is 30.3 Å². The zero-order valence-corrected chi connectivity index (χ0v) is 12.7. The van der Waals surface area contributed by atoms with E-state index in [9.17, 15) is 9.59 Å². The van der Waals surface area contributed by atoms with Crippen LogP contribution in [0.25, 0.3) is 0 Å². The van der Waals surface area contributed by atoms with Gasteiger partial charge in [-0.15, -0.1) is 0 Å². The fourth-order valence-corrected chi connectivity index (χ4v) is 1.81. The first kappa shape index (κ1) is 16.4. The number of anilines is 1. The third-order valence-corrected chi connectivity index (χ3v) is 2.97. The number of hydrogen-bond donors (Lipinski definition) is 2. The minimum absolute atomic E-state index is 0.154. The molecule has 2 N–H and O–H groups in total. The molecule has 2 rings (SSSR count). The molecule has 0 heterocycles. The van der Waals surface area contributed by atoms with E-state index in [2.05, 4.69) is 15.4 Å². The highest BCUT2D eigenvalue weighted by molar-refractivity contribution is 5.93. The van der Waals surface area contributed by atoms with Gasteiger partial charge >= 0.3 is 6.09 Å². The lowest BCUT2D eigenvalue weighted by Crippen LogP contribution is -2.32. The molecule has 0 saturated carbocycles. The molecule has 0 aliphatic carbocycles. The Morgan fingerprint density at radius 2 is 1.70 bits per heavy atom. The molecule has 0 spiro atoms. The van der Waals surface area contributed by atoms with E-state index in [1.54, 1.807) is 24.3 Å². The second-order valence-corrected chi connectivity index (χ2v) is 4.69. The summed E-state index contributed by atoms with van der Waals surface area (Å²) < 4.78 is 10.0. The highest BCUT2D eigenvalue weighted by atomic mass is 16.5. The maximum absolute atomic E-state index is 11.6. The molecule has 120 valence electrons. The van der Waals surface area contributed by atoms with Crippen molar-refractivity contribution in [3.63, 3.8) is 0 Å². The standard InChI is InChI=1S/C17H18N2O4/c1-22-17(21)18-11-16(20)19-14-7-9-15(10-8-14)23-12-13-5-3-2-4-6-13/h2-10H,11-12H2,1H3,(H,18,21)(H,19,20). The molecule has 2 aromatic carbocycles. The third-order valence-electron chi connectivity index (χ3n) is 2.97. The second kappa shape index (κ2) is 8.43. The van der Waals surface area contributed by atoms with Gasteiger partial charge in [0.05, 0.1) is 7.11 Å². The molecule has 0 aliphatic rings. The number of hydrogen-bond acceptors (Lipinski definition) is 4. The molecule has 0 aromatic heterocycles. The van der Waals surface area contributed by atoms with Crippen LogP contribution in [0.4, 0.5) is 10.5 Å². The van der Waals surface area contributed by atoms with E-state index >= 15 is 0 Å². The Kier molecular flexibility index (Phi) is 5.99. The molecule has 0 bridgehead atoms. The first-order valence-electron chi connectivity index (χ1n) is 7.06. The van der Waals surface area contributed by atoms with Crippen molar-refractivity contribution in [3.8, 4) is 5.75 Å². The van der Waals surface area contributed by atoms with Crippen LogP contribution in [0.3, 0.4) is 0 Å². The number of benzene rings is 2. The Labute approximate surface area is 134 Å². The van der Waals surface area contributed by atoms with E-state index in [4.69, 9.17) is 4.74 Å². The van der Waals surface area contributed by atoms with Crippen LogP contribution in [0.1, 0.15) is 5.56 Å². The summed E-state index contributed by atoms with van der Waals surface area (Å²) in [4.78, 5) is 22.5. The molecule has 6 heteroatoms. The summed E-state index contributed by atoms with van der Waals surface area (Å²) in [6, 6.07) is 16.9. The van der Waals surface area contributed by atoms with Gasteiger partial charge in [-0.05, 0) is 29.8 Å². The third kappa shape index (κ3) is 5.70. The predicted molar refractivity (Wildman–Crippen MR) is 86.3 cm³/mol. The van der Waals surface area contributed by atoms with Crippen LogP contribution in [0.15, 0.2) is 54.6 Å². The van der Waals surface area contributed by atoms with E-state index in [-0.39, 0.29) is 12.5 Å². The van der Waals surface area contributed by atoms with Gasteiger partial charge in [-0.3, -0.25) is 4.79 Å². The molecule has 6 nitrogen and oxygen atoms in total. The lowest BCUT2D eigenvalue weighted by molar-refractivity contribution is -0.115. The van der Waals surface area contributed by atoms with Gasteiger partial charge in [0.25, 0.3) is 0 Å². The Morgan fingerprint density at radius 1 is 1.00 bits per heavy atom. The van der Waals surface area contributed by atoms with Crippen molar-refractivity contribution in [2.75, 3.05) is 19.0 Å². The van der Waals surface area contributed by atoms with Gasteiger partial charge in [0.1, 0.15) is 18.9 Å². The summed E-state index contributed by atoms with van der Waals surface area (Å²) in [5.41, 5.74) is 1.70. The van der Waals surface area contributed by atoms with Crippen molar-refractivity contribution < 1.29 is 19.1 Å². The lowest BCUT2D eigenvalue weighted by atomic mass is 10.2. The lowest BCUT2D eigenvalue weighted by Gasteiger charge is -2.09. The van der Waals surface area contributed by atoms with Crippen molar-refractivity contribution in [2.24, 2.45) is 0 Å². The van der Waals surface area contributed by atoms with E-state index in [1.165, 1.54) is 7.11 Å². The molecule has 0 fully saturated rings. The van der Waals surface area contributed by atoms with Gasteiger partial charge in [0, 0.05) is 5.69 Å². The van der Waals surface area contributed by atoms with E-state index in [1.807, 2.05) is 30.3 Å². The SMILES string of the molecule is COC(=O)NCC(=O)Nc1ccc(OCc2ccccc2)cc1. The predicted octanol–water partition coefficient (Wildman–Crippen LogP) is 2.56. The van der Waals surface area contributed by atoms with Crippen molar-refractivity contribution >= 4 is 17.7 Å². The fourth-order valence-electron chi connectivity index (χ4n) is 1.81. The summed E-state index contributed by atoms with van der Waals surface area (Å²) in [7, 11) is 1.24. The molecule has 2 amide bonds. The van der Waals surface area contributed by atoms with Crippen molar-refractivity contribution in [1.29, 1.82) is 0 Å². The number of rotatable bonds is 6. The topological polar surface area (TPSA) is 76.7 Å². The van der Waals surface area contributed by atoms with Crippen molar-refractivity contribution in [1.82, 2.24) is 5.32 Å². The zero-order valence-electron chi connectivity index (χ0n) is 12.7. The number of carbonyl (C=O) groups excluding carboxylic acids is 2. The van der Waals surface area contributed by atoms with Crippen molar-refractivity contribution in [2.45, 2.75) is 6.61 Å². The summed E-state index contributed by atoms with van der Waals surface area (Å²) in [6.45, 7) is 0.328. The Balaban J connectivity index is 1.80. The van der Waals surface area contributed by atoms with Crippen LogP contribution in [0.2, 0.25) is 0 Å². The normalized spacial score (nSPS) is 9.78. The van der Waals surface area contributed by atoms with E-state index < -0.39 is 6.09 Å². The Morgan fingerprint density at radius 3 is 2.35 bits per heavy atom. The molecule has 0 atom stereocenters. The first-order chi connectivity index (χ1) is 11.2. The maximum Gasteiger partial charge on any atom is 0.407 e. The van der Waals surface area contributed by atoms with Crippen LogP contribution in [0, 0.1) is 0 Å². The highest BCUT2D eigenvalue weighted by Crippen LogP contribution is 2.17. The summed E-state index contributed by atoms with van der Waals surface area (Å²) in [6.07, 6.45) is -0.648. The number of carbonyl (C=O) groups is 2. The maximum atomic E-state index is 11.6. The minimum atomic E-state index is -0.648. The van der Waals surface area contributed by atoms with Crippen LogP contribution >= 0.6 is 0 Å². The first-order valence-corrected chi connectivity index (χ1v) is 7.06. The van der Waals surface area contributed by atoms with Crippen LogP contribution < -0.4 is 15.4 Å². The molecule has 0 aliphatic heterocycles. The molecule has 0 radical (unpaired) electrons. The number of alkyl carbamates (subject to hydrolysis) is 1. The van der Waals surface area contributed by atoms with Crippen LogP contribution in [-0.2, 0) is 16.1 Å². The van der Waals surface area contributed by atoms with E-state index in [0.29, 0.717) is 18.0 Å². The van der Waals surface area contributed by atoms with E-state index in [0.717, 1.165) is 5.56 Å². The molecule has 23 heavy (non-hydrogen) atoms. The van der Waals surface area contributed by atoms with Gasteiger partial charge in [-0.2, -0.15) is 0 Å². The van der Waals surface area contributed by atoms with Gasteiger partial charge in [0.15, 0.2) is 0 Å². The Hall–Kier alpha value is -3.02. The molecule has 2 aromatic rings. The summed E-state index contributed by atoms with van der Waals surface area (Å²) in [5.74, 6) is 0.368. The largest absolute Gasteiger partial charge is 0.489 e.